The fourth-order valence-corrected chi connectivity index (χ4v) is 5.93. The lowest BCUT2D eigenvalue weighted by atomic mass is 9.57. The van der Waals surface area contributed by atoms with Crippen LogP contribution in [-0.2, 0) is 9.59 Å². The van der Waals surface area contributed by atoms with Crippen LogP contribution in [-0.4, -0.2) is 30.8 Å². The van der Waals surface area contributed by atoms with Crippen LogP contribution in [0, 0.1) is 40.6 Å². The SMILES string of the molecule is CC(C)(C=O)NSc1ccc(F)c(F)c1F.CCC1CC2CC(CC(C)(C(N)=O)C2)C1NC. The molecule has 0 saturated heterocycles. The van der Waals surface area contributed by atoms with Crippen molar-refractivity contribution in [3.05, 3.63) is 29.6 Å². The minimum absolute atomic E-state index is 0.1000. The molecular formula is C24H36F3N3O2S. The first-order chi connectivity index (χ1) is 15.4. The second-order valence-electron chi connectivity index (χ2n) is 10.1. The number of hydrogen-bond donors (Lipinski definition) is 3. The Labute approximate surface area is 199 Å². The Morgan fingerprint density at radius 1 is 1.24 bits per heavy atom. The van der Waals surface area contributed by atoms with Gasteiger partial charge < -0.3 is 15.8 Å². The van der Waals surface area contributed by atoms with Crippen molar-refractivity contribution in [3.8, 4) is 0 Å². The molecule has 5 unspecified atom stereocenters. The van der Waals surface area contributed by atoms with Gasteiger partial charge in [-0.1, -0.05) is 20.3 Å². The largest absolute Gasteiger partial charge is 0.369 e. The van der Waals surface area contributed by atoms with Crippen LogP contribution < -0.4 is 15.8 Å². The number of benzene rings is 1. The number of nitrogens with one attached hydrogen (secondary N) is 2. The summed E-state index contributed by atoms with van der Waals surface area (Å²) in [6, 6.07) is 2.51. The highest BCUT2D eigenvalue weighted by Crippen LogP contribution is 2.50. The summed E-state index contributed by atoms with van der Waals surface area (Å²) in [5.41, 5.74) is 4.46. The van der Waals surface area contributed by atoms with Crippen LogP contribution in [0.2, 0.25) is 0 Å². The van der Waals surface area contributed by atoms with Crippen molar-refractivity contribution < 1.29 is 22.8 Å². The third kappa shape index (κ3) is 6.73. The number of rotatable bonds is 7. The number of fused-ring (bicyclic) bond motifs is 2. The molecule has 2 aliphatic rings. The van der Waals surface area contributed by atoms with E-state index in [0.717, 1.165) is 42.8 Å². The van der Waals surface area contributed by atoms with Crippen molar-refractivity contribution in [2.75, 3.05) is 7.05 Å². The molecule has 2 fully saturated rings. The van der Waals surface area contributed by atoms with Gasteiger partial charge in [-0.15, -0.1) is 0 Å². The van der Waals surface area contributed by atoms with Crippen molar-refractivity contribution >= 4 is 24.1 Å². The van der Waals surface area contributed by atoms with Crippen molar-refractivity contribution in [1.29, 1.82) is 0 Å². The van der Waals surface area contributed by atoms with Crippen molar-refractivity contribution in [3.63, 3.8) is 0 Å². The van der Waals surface area contributed by atoms with E-state index in [1.807, 2.05) is 0 Å². The number of amides is 1. The van der Waals surface area contributed by atoms with Gasteiger partial charge in [-0.2, -0.15) is 0 Å². The zero-order chi connectivity index (χ0) is 25.0. The number of halogens is 3. The summed E-state index contributed by atoms with van der Waals surface area (Å²) in [7, 11) is 2.06. The highest BCUT2D eigenvalue weighted by Gasteiger charge is 2.48. The monoisotopic (exact) mass is 487 g/mol. The Kier molecular flexibility index (Phi) is 9.41. The van der Waals surface area contributed by atoms with Crippen LogP contribution >= 0.6 is 11.9 Å². The molecule has 33 heavy (non-hydrogen) atoms. The predicted molar refractivity (Wildman–Crippen MR) is 125 cm³/mol. The normalized spacial score (nSPS) is 29.1. The van der Waals surface area contributed by atoms with Crippen LogP contribution in [0.25, 0.3) is 0 Å². The molecule has 2 saturated carbocycles. The van der Waals surface area contributed by atoms with E-state index in [4.69, 9.17) is 5.73 Å². The maximum atomic E-state index is 13.2. The minimum Gasteiger partial charge on any atom is -0.369 e. The molecule has 9 heteroatoms. The number of nitrogens with two attached hydrogens (primary N) is 1. The third-order valence-corrected chi connectivity index (χ3v) is 8.07. The van der Waals surface area contributed by atoms with E-state index in [-0.39, 0.29) is 16.2 Å². The number of primary amides is 1. The van der Waals surface area contributed by atoms with E-state index in [2.05, 4.69) is 30.9 Å². The zero-order valence-corrected chi connectivity index (χ0v) is 20.8. The molecule has 3 rings (SSSR count). The molecule has 0 aromatic heterocycles. The van der Waals surface area contributed by atoms with Crippen molar-refractivity contribution in [2.24, 2.45) is 28.9 Å². The Morgan fingerprint density at radius 3 is 2.45 bits per heavy atom. The number of carbonyl (C=O) groups excluding carboxylic acids is 2. The Balaban J connectivity index is 0.000000234. The van der Waals surface area contributed by atoms with Gasteiger partial charge in [0.25, 0.3) is 0 Å². The zero-order valence-electron chi connectivity index (χ0n) is 20.0. The molecule has 5 atom stereocenters. The predicted octanol–water partition coefficient (Wildman–Crippen LogP) is 4.59. The lowest BCUT2D eigenvalue weighted by molar-refractivity contribution is -0.132. The standard InChI is InChI=1S/C14H26N2O.C10H10F3NOS/c1-4-10-5-9-6-11(12(10)16-3)8-14(2,7-9)13(15)17;1-10(2,5-15)14-16-7-4-3-6(11)8(12)9(7)13/h9-12,16H,4-8H2,1-3H3,(H2,15,17);3-5,14H,1-2H3. The van der Waals surface area contributed by atoms with Gasteiger partial charge >= 0.3 is 0 Å². The van der Waals surface area contributed by atoms with Crippen LogP contribution in [0.1, 0.15) is 59.8 Å². The Bertz CT molecular complexity index is 854. The molecule has 5 nitrogen and oxygen atoms in total. The van der Waals surface area contributed by atoms with E-state index >= 15 is 0 Å². The molecule has 4 N–H and O–H groups in total. The van der Waals surface area contributed by atoms with Gasteiger partial charge in [0.15, 0.2) is 17.5 Å². The summed E-state index contributed by atoms with van der Waals surface area (Å²) in [5, 5.41) is 3.48. The second-order valence-corrected chi connectivity index (χ2v) is 11.0. The first-order valence-electron chi connectivity index (χ1n) is 11.4. The minimum atomic E-state index is -1.52. The molecule has 2 bridgehead atoms. The average Bonchev–Trinajstić information content (AvgIpc) is 2.76. The summed E-state index contributed by atoms with van der Waals surface area (Å²) in [6.07, 6.45) is 6.41. The maximum Gasteiger partial charge on any atom is 0.223 e. The van der Waals surface area contributed by atoms with E-state index in [1.165, 1.54) is 19.3 Å². The first-order valence-corrected chi connectivity index (χ1v) is 12.2. The summed E-state index contributed by atoms with van der Waals surface area (Å²) in [4.78, 5) is 22.1. The number of hydrogen-bond acceptors (Lipinski definition) is 5. The lowest BCUT2D eigenvalue weighted by Gasteiger charge is -2.50. The van der Waals surface area contributed by atoms with Gasteiger partial charge in [0, 0.05) is 11.5 Å². The fraction of sp³-hybridized carbons (Fsp3) is 0.667. The smallest absolute Gasteiger partial charge is 0.223 e. The van der Waals surface area contributed by atoms with Crippen LogP contribution in [0.3, 0.4) is 0 Å². The third-order valence-electron chi connectivity index (χ3n) is 6.91. The molecule has 0 radical (unpaired) electrons. The molecule has 2 aliphatic carbocycles. The van der Waals surface area contributed by atoms with Gasteiger partial charge in [0.1, 0.15) is 6.29 Å². The Hall–Kier alpha value is -1.58. The van der Waals surface area contributed by atoms with Crippen LogP contribution in [0.5, 0.6) is 0 Å². The maximum absolute atomic E-state index is 13.2. The average molecular weight is 488 g/mol. The van der Waals surface area contributed by atoms with E-state index in [0.29, 0.717) is 24.2 Å². The quantitative estimate of drug-likeness (QED) is 0.298. The molecule has 0 aliphatic heterocycles. The second kappa shape index (κ2) is 11.2. The van der Waals surface area contributed by atoms with Crippen LogP contribution in [0.4, 0.5) is 13.2 Å². The van der Waals surface area contributed by atoms with Gasteiger partial charge in [0.05, 0.1) is 10.4 Å². The molecule has 1 amide bonds. The van der Waals surface area contributed by atoms with Crippen molar-refractivity contribution in [1.82, 2.24) is 10.0 Å². The Morgan fingerprint density at radius 2 is 1.91 bits per heavy atom. The molecule has 0 spiro atoms. The van der Waals surface area contributed by atoms with Crippen LogP contribution in [0.15, 0.2) is 17.0 Å². The van der Waals surface area contributed by atoms with Gasteiger partial charge in [-0.3, -0.25) is 4.79 Å². The van der Waals surface area contributed by atoms with Gasteiger partial charge in [-0.25, -0.2) is 17.9 Å². The van der Waals surface area contributed by atoms with Gasteiger partial charge in [-0.05, 0) is 88.4 Å². The molecule has 186 valence electrons. The molecule has 1 aromatic carbocycles. The summed E-state index contributed by atoms with van der Waals surface area (Å²) in [6.45, 7) is 7.49. The van der Waals surface area contributed by atoms with E-state index in [9.17, 15) is 22.8 Å². The highest BCUT2D eigenvalue weighted by molar-refractivity contribution is 7.97. The first kappa shape index (κ1) is 27.7. The van der Waals surface area contributed by atoms with Gasteiger partial charge in [0.2, 0.25) is 5.91 Å². The fourth-order valence-electron chi connectivity index (χ4n) is 5.20. The molecule has 1 aromatic rings. The lowest BCUT2D eigenvalue weighted by Crippen LogP contribution is -2.53. The summed E-state index contributed by atoms with van der Waals surface area (Å²) >= 11 is 0.739. The summed E-state index contributed by atoms with van der Waals surface area (Å²) < 4.78 is 41.2. The summed E-state index contributed by atoms with van der Waals surface area (Å²) in [5.74, 6) is -2.00. The van der Waals surface area contributed by atoms with E-state index in [1.54, 1.807) is 13.8 Å². The number of carbonyl (C=O) groups is 2. The molecular weight excluding hydrogens is 451 g/mol. The van der Waals surface area contributed by atoms with E-state index < -0.39 is 23.0 Å². The van der Waals surface area contributed by atoms with Crippen molar-refractivity contribution in [2.45, 2.75) is 76.3 Å². The number of aldehydes is 1. The highest BCUT2D eigenvalue weighted by atomic mass is 32.2. The molecule has 0 heterocycles. The topological polar surface area (TPSA) is 84.2 Å².